The Kier molecular flexibility index (Phi) is 7.94. The third kappa shape index (κ3) is 5.79. The number of nitrogens with one attached hydrogen (secondary N) is 1. The Morgan fingerprint density at radius 3 is 2.26 bits per heavy atom. The first kappa shape index (κ1) is 22.7. The van der Waals surface area contributed by atoms with Crippen LogP contribution in [0.1, 0.15) is 24.0 Å². The number of carboxylic acid groups (broad SMARTS) is 1. The monoisotopic (exact) mass is 442 g/mol. The molecule has 0 spiro atoms. The number of thioether (sulfide) groups is 1. The maximum absolute atomic E-state index is 12.1. The molecule has 0 saturated carbocycles. The minimum Gasteiger partial charge on any atom is -0.480 e. The summed E-state index contributed by atoms with van der Waals surface area (Å²) in [4.78, 5) is 36.1. The highest BCUT2D eigenvalue weighted by Crippen LogP contribution is 2.44. The number of carboxylic acids is 1. The number of ether oxygens (including phenoxy) is 1. The molecule has 7 nitrogen and oxygen atoms in total. The van der Waals surface area contributed by atoms with E-state index in [-0.39, 0.29) is 30.7 Å². The summed E-state index contributed by atoms with van der Waals surface area (Å²) in [5.41, 5.74) is 4.68. The van der Waals surface area contributed by atoms with Crippen molar-refractivity contribution in [1.82, 2.24) is 10.2 Å². The third-order valence-corrected chi connectivity index (χ3v) is 6.09. The highest BCUT2D eigenvalue weighted by atomic mass is 32.2. The molecule has 0 aliphatic heterocycles. The van der Waals surface area contributed by atoms with Crippen molar-refractivity contribution < 1.29 is 24.2 Å². The van der Waals surface area contributed by atoms with E-state index in [1.807, 2.05) is 24.3 Å². The van der Waals surface area contributed by atoms with Crippen LogP contribution < -0.4 is 5.32 Å². The van der Waals surface area contributed by atoms with Crippen LogP contribution in [0.2, 0.25) is 0 Å². The number of rotatable bonds is 10. The minimum absolute atomic E-state index is 0.0133. The number of carbonyl (C=O) groups excluding carboxylic acids is 2. The van der Waals surface area contributed by atoms with Crippen LogP contribution in [0, 0.1) is 0 Å². The van der Waals surface area contributed by atoms with Crippen LogP contribution in [0.4, 0.5) is 4.79 Å². The maximum atomic E-state index is 12.1. The number of nitrogens with zero attached hydrogens (tertiary/aromatic N) is 1. The molecule has 2 aromatic rings. The Morgan fingerprint density at radius 2 is 1.68 bits per heavy atom. The summed E-state index contributed by atoms with van der Waals surface area (Å²) in [5, 5.41) is 11.5. The summed E-state index contributed by atoms with van der Waals surface area (Å²) < 4.78 is 5.47. The molecule has 0 atom stereocenters. The molecule has 1 aliphatic rings. The topological polar surface area (TPSA) is 95.9 Å². The van der Waals surface area contributed by atoms with E-state index in [4.69, 9.17) is 9.84 Å². The van der Waals surface area contributed by atoms with Crippen LogP contribution in [0.25, 0.3) is 11.1 Å². The summed E-state index contributed by atoms with van der Waals surface area (Å²) in [6, 6.07) is 16.3. The lowest BCUT2D eigenvalue weighted by Crippen LogP contribution is -2.36. The first-order chi connectivity index (χ1) is 15.0. The molecule has 31 heavy (non-hydrogen) atoms. The molecule has 2 amide bonds. The maximum Gasteiger partial charge on any atom is 0.407 e. The van der Waals surface area contributed by atoms with Gasteiger partial charge in [-0.3, -0.25) is 9.59 Å². The van der Waals surface area contributed by atoms with Gasteiger partial charge in [0, 0.05) is 24.8 Å². The van der Waals surface area contributed by atoms with Crippen LogP contribution in [-0.2, 0) is 14.3 Å². The summed E-state index contributed by atoms with van der Waals surface area (Å²) in [6.45, 7) is 2.41. The zero-order chi connectivity index (χ0) is 22.2. The van der Waals surface area contributed by atoms with Crippen molar-refractivity contribution in [1.29, 1.82) is 0 Å². The second-order valence-corrected chi connectivity index (χ2v) is 8.21. The second kappa shape index (κ2) is 10.9. The Morgan fingerprint density at radius 1 is 1.06 bits per heavy atom. The molecule has 0 heterocycles. The first-order valence-corrected chi connectivity index (χ1v) is 11.3. The first-order valence-electron chi connectivity index (χ1n) is 10.2. The lowest BCUT2D eigenvalue weighted by atomic mass is 9.98. The summed E-state index contributed by atoms with van der Waals surface area (Å²) in [6.07, 6.45) is -0.491. The molecule has 0 radical (unpaired) electrons. The zero-order valence-corrected chi connectivity index (χ0v) is 18.2. The van der Waals surface area contributed by atoms with Crippen molar-refractivity contribution in [2.75, 3.05) is 37.7 Å². The average Bonchev–Trinajstić information content (AvgIpc) is 3.09. The van der Waals surface area contributed by atoms with Gasteiger partial charge in [-0.1, -0.05) is 48.5 Å². The van der Waals surface area contributed by atoms with E-state index in [1.165, 1.54) is 27.8 Å². The van der Waals surface area contributed by atoms with Crippen molar-refractivity contribution in [3.05, 3.63) is 59.7 Å². The Hall–Kier alpha value is -3.00. The van der Waals surface area contributed by atoms with E-state index >= 15 is 0 Å². The fourth-order valence-corrected chi connectivity index (χ4v) is 4.41. The largest absolute Gasteiger partial charge is 0.480 e. The van der Waals surface area contributed by atoms with E-state index < -0.39 is 12.1 Å². The second-order valence-electron chi connectivity index (χ2n) is 7.11. The van der Waals surface area contributed by atoms with Crippen LogP contribution >= 0.6 is 11.8 Å². The number of likely N-dealkylation sites (N-methyl/N-ethyl adjacent to an activating group) is 1. The fraction of sp³-hybridized carbons (Fsp3) is 0.348. The molecular formula is C23H26N2O5S. The lowest BCUT2D eigenvalue weighted by Gasteiger charge is -2.18. The van der Waals surface area contributed by atoms with Gasteiger partial charge in [-0.05, 0) is 29.2 Å². The molecule has 0 fully saturated rings. The fourth-order valence-electron chi connectivity index (χ4n) is 3.67. The number of alkyl carbamates (subject to hydrolysis) is 1. The van der Waals surface area contributed by atoms with Crippen LogP contribution in [0.15, 0.2) is 48.5 Å². The van der Waals surface area contributed by atoms with Gasteiger partial charge in [0.1, 0.15) is 13.2 Å². The minimum atomic E-state index is -1.03. The van der Waals surface area contributed by atoms with E-state index in [0.717, 1.165) is 11.1 Å². The van der Waals surface area contributed by atoms with Crippen molar-refractivity contribution in [2.45, 2.75) is 12.8 Å². The van der Waals surface area contributed by atoms with E-state index in [1.54, 1.807) is 6.92 Å². The predicted octanol–water partition coefficient (Wildman–Crippen LogP) is 3.19. The molecule has 0 saturated heterocycles. The van der Waals surface area contributed by atoms with Gasteiger partial charge in [-0.25, -0.2) is 4.79 Å². The molecule has 164 valence electrons. The van der Waals surface area contributed by atoms with Crippen molar-refractivity contribution in [3.8, 4) is 11.1 Å². The van der Waals surface area contributed by atoms with Crippen molar-refractivity contribution in [2.24, 2.45) is 0 Å². The van der Waals surface area contributed by atoms with Gasteiger partial charge in [0.05, 0.1) is 5.75 Å². The number of amides is 2. The number of hydrogen-bond acceptors (Lipinski definition) is 5. The molecular weight excluding hydrogens is 416 g/mol. The molecule has 0 aromatic heterocycles. The van der Waals surface area contributed by atoms with Gasteiger partial charge < -0.3 is 20.1 Å². The third-order valence-electron chi connectivity index (χ3n) is 5.15. The summed E-state index contributed by atoms with van der Waals surface area (Å²) in [5.74, 6) is -0.541. The number of hydrogen-bond donors (Lipinski definition) is 2. The molecule has 2 N–H and O–H groups in total. The molecule has 0 bridgehead atoms. The van der Waals surface area contributed by atoms with Gasteiger partial charge in [0.25, 0.3) is 0 Å². The quantitative estimate of drug-likeness (QED) is 0.549. The van der Waals surface area contributed by atoms with Crippen molar-refractivity contribution >= 4 is 29.7 Å². The van der Waals surface area contributed by atoms with Gasteiger partial charge in [-0.2, -0.15) is 11.8 Å². The van der Waals surface area contributed by atoms with Crippen LogP contribution in [-0.4, -0.2) is 65.7 Å². The average molecular weight is 443 g/mol. The molecule has 1 aliphatic carbocycles. The Bertz CT molecular complexity index is 904. The Labute approximate surface area is 185 Å². The van der Waals surface area contributed by atoms with E-state index in [9.17, 15) is 14.4 Å². The number of fused-ring (bicyclic) bond motifs is 3. The van der Waals surface area contributed by atoms with Crippen LogP contribution in [0.3, 0.4) is 0 Å². The standard InChI is InChI=1S/C23H26N2O5S/c1-2-25(13-22(27)28)21(26)15-31-12-11-24-23(29)30-14-20-18-9-5-3-7-16(18)17-8-4-6-10-19(17)20/h3-10,20H,2,11-15H2,1H3,(H,24,29)(H,27,28). The summed E-state index contributed by atoms with van der Waals surface area (Å²) in [7, 11) is 0. The highest BCUT2D eigenvalue weighted by Gasteiger charge is 2.28. The van der Waals surface area contributed by atoms with Crippen LogP contribution in [0.5, 0.6) is 0 Å². The smallest absolute Gasteiger partial charge is 0.407 e. The highest BCUT2D eigenvalue weighted by molar-refractivity contribution is 7.99. The lowest BCUT2D eigenvalue weighted by molar-refractivity contribution is -0.143. The molecule has 3 rings (SSSR count). The van der Waals surface area contributed by atoms with Gasteiger partial charge in [-0.15, -0.1) is 0 Å². The molecule has 8 heteroatoms. The van der Waals surface area contributed by atoms with Gasteiger partial charge in [0.15, 0.2) is 0 Å². The molecule has 0 unspecified atom stereocenters. The van der Waals surface area contributed by atoms with Crippen molar-refractivity contribution in [3.63, 3.8) is 0 Å². The number of aliphatic carboxylic acids is 1. The normalized spacial score (nSPS) is 12.0. The van der Waals surface area contributed by atoms with E-state index in [2.05, 4.69) is 29.6 Å². The summed E-state index contributed by atoms with van der Waals surface area (Å²) >= 11 is 1.34. The SMILES string of the molecule is CCN(CC(=O)O)C(=O)CSCCNC(=O)OCC1c2ccccc2-c2ccccc21. The zero-order valence-electron chi connectivity index (χ0n) is 17.4. The van der Waals surface area contributed by atoms with Gasteiger partial charge >= 0.3 is 12.1 Å². The predicted molar refractivity (Wildman–Crippen MR) is 120 cm³/mol. The number of benzene rings is 2. The molecule has 2 aromatic carbocycles. The Balaban J connectivity index is 1.40. The van der Waals surface area contributed by atoms with Gasteiger partial charge in [0.2, 0.25) is 5.91 Å². The number of carbonyl (C=O) groups is 3. The van der Waals surface area contributed by atoms with E-state index in [0.29, 0.717) is 18.8 Å².